The SMILES string of the molecule is CO.COC(=O)CC=O.NCCO.O=C(CC(=O)NCCO)NCCO. The first-order chi connectivity index (χ1) is 12.4. The summed E-state index contributed by atoms with van der Waals surface area (Å²) in [6.45, 7) is 0.465. The van der Waals surface area contributed by atoms with Gasteiger partial charge in [0.05, 0.1) is 26.9 Å². The fourth-order valence-corrected chi connectivity index (χ4v) is 0.813. The molecule has 0 aliphatic heterocycles. The smallest absolute Gasteiger partial charge is 0.312 e. The summed E-state index contributed by atoms with van der Waals surface area (Å²) in [5, 5.41) is 36.1. The Bertz CT molecular complexity index is 322. The molecule has 0 spiro atoms. The largest absolute Gasteiger partial charge is 0.469 e. The lowest BCUT2D eigenvalue weighted by Crippen LogP contribution is -2.34. The summed E-state index contributed by atoms with van der Waals surface area (Å²) >= 11 is 0. The number of esters is 1. The van der Waals surface area contributed by atoms with Gasteiger partial charge >= 0.3 is 5.97 Å². The molecule has 8 N–H and O–H groups in total. The molecule has 0 radical (unpaired) electrons. The monoisotopic (exact) mass is 385 g/mol. The second-order valence-electron chi connectivity index (χ2n) is 3.78. The van der Waals surface area contributed by atoms with Crippen LogP contribution in [-0.4, -0.2) is 98.2 Å². The number of amides is 2. The maximum atomic E-state index is 10.8. The van der Waals surface area contributed by atoms with Crippen molar-refractivity contribution in [1.82, 2.24) is 10.6 Å². The molecule has 0 aromatic carbocycles. The molecule has 0 heterocycles. The maximum Gasteiger partial charge on any atom is 0.312 e. The van der Waals surface area contributed by atoms with E-state index in [9.17, 15) is 19.2 Å². The Morgan fingerprint density at radius 2 is 1.35 bits per heavy atom. The van der Waals surface area contributed by atoms with E-state index in [4.69, 9.17) is 26.2 Å². The number of hydrogen-bond donors (Lipinski definition) is 7. The first-order valence-corrected chi connectivity index (χ1v) is 7.44. The van der Waals surface area contributed by atoms with Crippen LogP contribution in [0.3, 0.4) is 0 Å². The third kappa shape index (κ3) is 37.8. The first kappa shape index (κ1) is 31.6. The predicted molar refractivity (Wildman–Crippen MR) is 91.8 cm³/mol. The lowest BCUT2D eigenvalue weighted by atomic mass is 10.3. The summed E-state index contributed by atoms with van der Waals surface area (Å²) in [5.41, 5.74) is 4.78. The second-order valence-corrected chi connectivity index (χ2v) is 3.78. The molecule has 0 aromatic rings. The molecule has 0 aliphatic rings. The average Bonchev–Trinajstić information content (AvgIpc) is 2.67. The van der Waals surface area contributed by atoms with Crippen molar-refractivity contribution in [1.29, 1.82) is 0 Å². The van der Waals surface area contributed by atoms with Gasteiger partial charge in [-0.2, -0.15) is 0 Å². The Hall–Kier alpha value is -2.12. The van der Waals surface area contributed by atoms with Crippen LogP contribution in [0.25, 0.3) is 0 Å². The lowest BCUT2D eigenvalue weighted by Gasteiger charge is -2.03. The zero-order valence-corrected chi connectivity index (χ0v) is 15.1. The lowest BCUT2D eigenvalue weighted by molar-refractivity contribution is -0.141. The fourth-order valence-electron chi connectivity index (χ4n) is 0.813. The van der Waals surface area contributed by atoms with Crippen LogP contribution in [0, 0.1) is 0 Å². The number of carbonyl (C=O) groups is 4. The molecule has 0 atom stereocenters. The van der Waals surface area contributed by atoms with Crippen molar-refractivity contribution >= 4 is 24.1 Å². The minimum absolute atomic E-state index is 0.0972. The fraction of sp³-hybridized carbons (Fsp3) is 0.714. The Kier molecular flexibility index (Phi) is 37.4. The molecule has 26 heavy (non-hydrogen) atoms. The van der Waals surface area contributed by atoms with E-state index in [1.165, 1.54) is 7.11 Å². The number of nitrogens with one attached hydrogen (secondary N) is 2. The van der Waals surface area contributed by atoms with E-state index in [0.29, 0.717) is 12.8 Å². The molecule has 0 aromatic heterocycles. The highest BCUT2D eigenvalue weighted by atomic mass is 16.5. The number of methoxy groups -OCH3 is 1. The van der Waals surface area contributed by atoms with Crippen LogP contribution in [0.15, 0.2) is 0 Å². The Morgan fingerprint density at radius 1 is 0.962 bits per heavy atom. The maximum absolute atomic E-state index is 10.8. The van der Waals surface area contributed by atoms with E-state index in [1.54, 1.807) is 0 Å². The van der Waals surface area contributed by atoms with Crippen molar-refractivity contribution in [2.45, 2.75) is 12.8 Å². The Labute approximate surface area is 152 Å². The van der Waals surface area contributed by atoms with Gasteiger partial charge in [-0.1, -0.05) is 0 Å². The summed E-state index contributed by atoms with van der Waals surface area (Å²) in [7, 11) is 2.24. The minimum atomic E-state index is -0.491. The van der Waals surface area contributed by atoms with Gasteiger partial charge in [0.2, 0.25) is 11.8 Å². The molecule has 12 heteroatoms. The van der Waals surface area contributed by atoms with E-state index in [1.807, 2.05) is 0 Å². The van der Waals surface area contributed by atoms with Crippen LogP contribution in [0.2, 0.25) is 0 Å². The van der Waals surface area contributed by atoms with Gasteiger partial charge in [0.25, 0.3) is 0 Å². The minimum Gasteiger partial charge on any atom is -0.469 e. The molecule has 0 rings (SSSR count). The van der Waals surface area contributed by atoms with Crippen LogP contribution < -0.4 is 16.4 Å². The summed E-state index contributed by atoms with van der Waals surface area (Å²) in [4.78, 5) is 41.1. The van der Waals surface area contributed by atoms with E-state index >= 15 is 0 Å². The average molecular weight is 385 g/mol. The number of hydrogen-bond acceptors (Lipinski definition) is 10. The van der Waals surface area contributed by atoms with Gasteiger partial charge in [0.15, 0.2) is 0 Å². The number of aldehydes is 1. The second kappa shape index (κ2) is 30.7. The van der Waals surface area contributed by atoms with Crippen molar-refractivity contribution in [3.63, 3.8) is 0 Å². The number of carbonyl (C=O) groups excluding carboxylic acids is 4. The van der Waals surface area contributed by atoms with Crippen molar-refractivity contribution in [2.24, 2.45) is 5.73 Å². The topological polar surface area (TPSA) is 209 Å². The van der Waals surface area contributed by atoms with Crippen LogP contribution in [0.4, 0.5) is 0 Å². The van der Waals surface area contributed by atoms with E-state index in [0.717, 1.165) is 7.11 Å². The molecule has 0 saturated carbocycles. The quantitative estimate of drug-likeness (QED) is 0.116. The molecule has 2 amide bonds. The summed E-state index contributed by atoms with van der Waals surface area (Å²) in [5.74, 6) is -1.37. The van der Waals surface area contributed by atoms with Crippen molar-refractivity contribution in [2.75, 3.05) is 53.7 Å². The van der Waals surface area contributed by atoms with Crippen molar-refractivity contribution in [3.8, 4) is 0 Å². The van der Waals surface area contributed by atoms with E-state index in [-0.39, 0.29) is 45.8 Å². The van der Waals surface area contributed by atoms with Gasteiger partial charge in [0, 0.05) is 26.7 Å². The van der Waals surface area contributed by atoms with Crippen LogP contribution in [0.1, 0.15) is 12.8 Å². The van der Waals surface area contributed by atoms with Gasteiger partial charge in [-0.3, -0.25) is 14.4 Å². The van der Waals surface area contributed by atoms with E-state index < -0.39 is 17.8 Å². The number of ether oxygens (including phenoxy) is 1. The number of aliphatic hydroxyl groups excluding tert-OH is 4. The molecular weight excluding hydrogens is 354 g/mol. The zero-order chi connectivity index (χ0) is 21.2. The van der Waals surface area contributed by atoms with Gasteiger partial charge in [-0.15, -0.1) is 0 Å². The zero-order valence-electron chi connectivity index (χ0n) is 15.1. The van der Waals surface area contributed by atoms with Crippen molar-refractivity contribution < 1.29 is 44.3 Å². The highest BCUT2D eigenvalue weighted by Crippen LogP contribution is 1.79. The van der Waals surface area contributed by atoms with Crippen LogP contribution in [-0.2, 0) is 23.9 Å². The predicted octanol–water partition coefficient (Wildman–Crippen LogP) is -4.11. The van der Waals surface area contributed by atoms with Crippen LogP contribution >= 0.6 is 0 Å². The molecule has 156 valence electrons. The molecule has 0 unspecified atom stereocenters. The van der Waals surface area contributed by atoms with Gasteiger partial charge in [-0.05, 0) is 0 Å². The standard InChI is InChI=1S/C7H14N2O4.C4H6O3.C2H7NO.CH4O/c10-3-1-8-6(12)5-7(13)9-2-4-11;1-7-4(6)2-3-5;3-1-2-4;1-2/h10-11H,1-5H2,(H,8,12)(H,9,13);3H,2H2,1H3;4H,1-3H2;2H,1H3. The normalized spacial score (nSPS) is 8.12. The molecule has 0 aliphatic carbocycles. The first-order valence-electron chi connectivity index (χ1n) is 7.44. The summed E-state index contributed by atoms with van der Waals surface area (Å²) in [6.07, 6.45) is 0.0856. The third-order valence-corrected chi connectivity index (χ3v) is 1.80. The number of aliphatic hydroxyl groups is 4. The summed E-state index contributed by atoms with van der Waals surface area (Å²) < 4.78 is 4.12. The Balaban J connectivity index is -0.000000156. The molecular formula is C14H31N3O9. The van der Waals surface area contributed by atoms with Gasteiger partial charge in [-0.25, -0.2) is 0 Å². The molecule has 0 bridgehead atoms. The van der Waals surface area contributed by atoms with E-state index in [2.05, 4.69) is 15.4 Å². The Morgan fingerprint density at radius 3 is 1.54 bits per heavy atom. The number of rotatable bonds is 9. The van der Waals surface area contributed by atoms with Crippen molar-refractivity contribution in [3.05, 3.63) is 0 Å². The van der Waals surface area contributed by atoms with Gasteiger partial charge < -0.3 is 46.3 Å². The highest BCUT2D eigenvalue weighted by molar-refractivity contribution is 5.96. The van der Waals surface area contributed by atoms with Crippen LogP contribution in [0.5, 0.6) is 0 Å². The highest BCUT2D eigenvalue weighted by Gasteiger charge is 2.07. The third-order valence-electron chi connectivity index (χ3n) is 1.80. The molecule has 0 saturated heterocycles. The summed E-state index contributed by atoms with van der Waals surface area (Å²) in [6, 6.07) is 0. The molecule has 0 fully saturated rings. The van der Waals surface area contributed by atoms with Gasteiger partial charge in [0.1, 0.15) is 19.1 Å². The number of nitrogens with two attached hydrogens (primary N) is 1. The molecule has 12 nitrogen and oxygen atoms in total.